The van der Waals surface area contributed by atoms with Crippen molar-refractivity contribution in [1.29, 1.82) is 0 Å². The highest BCUT2D eigenvalue weighted by Gasteiger charge is 2.82. The fourth-order valence-corrected chi connectivity index (χ4v) is 10.5. The Morgan fingerprint density at radius 3 is 1.46 bits per heavy atom. The predicted molar refractivity (Wildman–Crippen MR) is 80.1 cm³/mol. The fraction of sp³-hybridized carbons (Fsp3) is 0.900. The van der Waals surface area contributed by atoms with E-state index in [2.05, 4.69) is 0 Å². The van der Waals surface area contributed by atoms with E-state index >= 15 is 0 Å². The number of carbonyl (C=O) groups excluding carboxylic acids is 2. The first-order valence-corrected chi connectivity index (χ1v) is 10.2. The second-order valence-electron chi connectivity index (χ2n) is 10.1. The summed E-state index contributed by atoms with van der Waals surface area (Å²) in [7, 11) is 0. The summed E-state index contributed by atoms with van der Waals surface area (Å²) in [5, 5.41) is 0. The molecular weight excluding hydrogens is 304 g/mol. The molecular formula is C20H22O4. The molecule has 0 bridgehead atoms. The zero-order valence-corrected chi connectivity index (χ0v) is 13.5. The first-order valence-electron chi connectivity index (χ1n) is 10.2. The van der Waals surface area contributed by atoms with Gasteiger partial charge in [-0.3, -0.25) is 9.59 Å². The Hall–Kier alpha value is -1.06. The third-order valence-electron chi connectivity index (χ3n) is 10.3. The monoisotopic (exact) mass is 326 g/mol. The van der Waals surface area contributed by atoms with E-state index in [1.54, 1.807) is 0 Å². The van der Waals surface area contributed by atoms with Gasteiger partial charge in [0.15, 0.2) is 0 Å². The summed E-state index contributed by atoms with van der Waals surface area (Å²) in [5.74, 6) is 6.37. The van der Waals surface area contributed by atoms with Crippen molar-refractivity contribution >= 4 is 11.9 Å². The smallest absolute Gasteiger partial charge is 0.309 e. The Morgan fingerprint density at radius 1 is 0.542 bits per heavy atom. The lowest BCUT2D eigenvalue weighted by atomic mass is 9.70. The van der Waals surface area contributed by atoms with Gasteiger partial charge in [-0.15, -0.1) is 0 Å². The van der Waals surface area contributed by atoms with Crippen LogP contribution in [0.5, 0.6) is 0 Å². The van der Waals surface area contributed by atoms with Gasteiger partial charge in [-0.05, 0) is 73.0 Å². The van der Waals surface area contributed by atoms with Gasteiger partial charge >= 0.3 is 11.9 Å². The van der Waals surface area contributed by atoms with Crippen LogP contribution in [0.25, 0.3) is 0 Å². The van der Waals surface area contributed by atoms with Gasteiger partial charge in [0, 0.05) is 11.8 Å². The maximum atomic E-state index is 13.0. The standard InChI is InChI=1S/C20H22O4/c21-19-17-11-5-1-3-7-9(5)13-15(11)16-12(18(13)20(22)23-7)6-2-4-8(24-19)10(6)14(16)17/h5-18H,1-4H2/t5-,6-,7-,8+,9+,10+,11+,12-,13+,14+,15+,16+,17-,18+/m1/s1. The first kappa shape index (κ1) is 12.3. The number of hydrogen-bond donors (Lipinski definition) is 0. The largest absolute Gasteiger partial charge is 0.462 e. The molecule has 6 saturated carbocycles. The molecule has 8 rings (SSSR count). The third kappa shape index (κ3) is 0.964. The van der Waals surface area contributed by atoms with Gasteiger partial charge in [-0.2, -0.15) is 0 Å². The average molecular weight is 326 g/mol. The summed E-state index contributed by atoms with van der Waals surface area (Å²) < 4.78 is 12.0. The van der Waals surface area contributed by atoms with Gasteiger partial charge in [-0.1, -0.05) is 0 Å². The van der Waals surface area contributed by atoms with Crippen molar-refractivity contribution in [2.75, 3.05) is 0 Å². The van der Waals surface area contributed by atoms with Crippen LogP contribution in [0.2, 0.25) is 0 Å². The molecule has 4 nitrogen and oxygen atoms in total. The van der Waals surface area contributed by atoms with E-state index in [1.807, 2.05) is 0 Å². The zero-order chi connectivity index (χ0) is 15.5. The molecule has 0 aromatic heterocycles. The third-order valence-corrected chi connectivity index (χ3v) is 10.3. The fourth-order valence-electron chi connectivity index (χ4n) is 10.5. The summed E-state index contributed by atoms with van der Waals surface area (Å²) in [6.45, 7) is 0. The Labute approximate surface area is 140 Å². The van der Waals surface area contributed by atoms with Crippen LogP contribution in [0.15, 0.2) is 0 Å². The van der Waals surface area contributed by atoms with E-state index in [0.29, 0.717) is 59.2 Å². The van der Waals surface area contributed by atoms with Crippen LogP contribution in [0, 0.1) is 71.0 Å². The minimum absolute atomic E-state index is 0.132. The minimum atomic E-state index is 0.132. The number of ether oxygens (including phenoxy) is 2. The second kappa shape index (κ2) is 3.43. The molecule has 126 valence electrons. The molecule has 4 heteroatoms. The molecule has 0 aromatic carbocycles. The van der Waals surface area contributed by atoms with Crippen LogP contribution in [-0.4, -0.2) is 24.1 Å². The van der Waals surface area contributed by atoms with Crippen LogP contribution >= 0.6 is 0 Å². The SMILES string of the molecule is O=C1O[C@@H]2CC[C@H]3[C@@H]4[C@H]5C(=O)O[C@H]6CC[C@@H]7[C@@H]6[C@H]5[C@H]5[C@@H]4[C@@H]([C@@H]1[C@H]75)[C@@H]32. The second-order valence-corrected chi connectivity index (χ2v) is 10.1. The molecule has 0 spiro atoms. The number of hydrogen-bond acceptors (Lipinski definition) is 4. The molecule has 0 amide bonds. The molecule has 8 aliphatic rings. The van der Waals surface area contributed by atoms with Crippen molar-refractivity contribution in [3.63, 3.8) is 0 Å². The van der Waals surface area contributed by atoms with Crippen molar-refractivity contribution in [2.24, 2.45) is 71.0 Å². The number of esters is 2. The quantitative estimate of drug-likeness (QED) is 0.638. The van der Waals surface area contributed by atoms with E-state index in [4.69, 9.17) is 9.47 Å². The van der Waals surface area contributed by atoms with E-state index in [9.17, 15) is 9.59 Å². The topological polar surface area (TPSA) is 52.6 Å². The van der Waals surface area contributed by atoms with Gasteiger partial charge in [0.05, 0.1) is 11.8 Å². The Kier molecular flexibility index (Phi) is 1.76. The van der Waals surface area contributed by atoms with Crippen LogP contribution in [0.3, 0.4) is 0 Å². The number of carbonyl (C=O) groups is 2. The summed E-state index contributed by atoms with van der Waals surface area (Å²) >= 11 is 0. The summed E-state index contributed by atoms with van der Waals surface area (Å²) in [5.41, 5.74) is 0. The van der Waals surface area contributed by atoms with Crippen molar-refractivity contribution in [2.45, 2.75) is 37.9 Å². The van der Waals surface area contributed by atoms with Gasteiger partial charge in [-0.25, -0.2) is 0 Å². The van der Waals surface area contributed by atoms with Crippen molar-refractivity contribution < 1.29 is 19.1 Å². The molecule has 0 N–H and O–H groups in total. The molecule has 8 fully saturated rings. The maximum absolute atomic E-state index is 13.0. The van der Waals surface area contributed by atoms with Crippen LogP contribution in [-0.2, 0) is 19.1 Å². The van der Waals surface area contributed by atoms with Crippen LogP contribution in [0.1, 0.15) is 25.7 Å². The predicted octanol–water partition coefficient (Wildman–Crippen LogP) is 1.87. The number of rotatable bonds is 0. The molecule has 14 atom stereocenters. The summed E-state index contributed by atoms with van der Waals surface area (Å²) in [4.78, 5) is 25.9. The normalized spacial score (nSPS) is 71.5. The lowest BCUT2D eigenvalue weighted by Crippen LogP contribution is -2.46. The summed E-state index contributed by atoms with van der Waals surface area (Å²) in [6, 6.07) is 0. The van der Waals surface area contributed by atoms with Gasteiger partial charge in [0.1, 0.15) is 12.2 Å². The molecule has 0 aromatic rings. The molecule has 2 saturated heterocycles. The molecule has 24 heavy (non-hydrogen) atoms. The Balaban J connectivity index is 1.41. The summed E-state index contributed by atoms with van der Waals surface area (Å²) in [6.07, 6.45) is 4.73. The van der Waals surface area contributed by atoms with Gasteiger partial charge < -0.3 is 9.47 Å². The van der Waals surface area contributed by atoms with Crippen molar-refractivity contribution in [1.82, 2.24) is 0 Å². The molecule has 2 aliphatic heterocycles. The highest BCUT2D eigenvalue weighted by atomic mass is 16.6. The van der Waals surface area contributed by atoms with Gasteiger partial charge in [0.2, 0.25) is 0 Å². The first-order chi connectivity index (χ1) is 11.8. The lowest BCUT2D eigenvalue weighted by molar-refractivity contribution is -0.175. The average Bonchev–Trinajstić information content (AvgIpc) is 3.29. The molecule has 2 heterocycles. The van der Waals surface area contributed by atoms with Crippen molar-refractivity contribution in [3.05, 3.63) is 0 Å². The maximum Gasteiger partial charge on any atom is 0.309 e. The highest BCUT2D eigenvalue weighted by Crippen LogP contribution is 2.81. The minimum Gasteiger partial charge on any atom is -0.462 e. The Morgan fingerprint density at radius 2 is 1.00 bits per heavy atom. The highest BCUT2D eigenvalue weighted by molar-refractivity contribution is 5.79. The van der Waals surface area contributed by atoms with Crippen LogP contribution < -0.4 is 0 Å². The Bertz CT molecular complexity index is 656. The van der Waals surface area contributed by atoms with E-state index in [-0.39, 0.29) is 36.0 Å². The molecule has 0 unspecified atom stereocenters. The zero-order valence-electron chi connectivity index (χ0n) is 13.5. The van der Waals surface area contributed by atoms with Gasteiger partial charge in [0.25, 0.3) is 0 Å². The lowest BCUT2D eigenvalue weighted by Gasteiger charge is -2.40. The van der Waals surface area contributed by atoms with E-state index in [0.717, 1.165) is 12.8 Å². The van der Waals surface area contributed by atoms with Crippen LogP contribution in [0.4, 0.5) is 0 Å². The molecule has 0 radical (unpaired) electrons. The van der Waals surface area contributed by atoms with E-state index < -0.39 is 0 Å². The van der Waals surface area contributed by atoms with E-state index in [1.165, 1.54) is 12.8 Å². The van der Waals surface area contributed by atoms with Crippen molar-refractivity contribution in [3.8, 4) is 0 Å². The molecule has 6 aliphatic carbocycles. The number of fused-ring (bicyclic) bond motifs is 4.